The van der Waals surface area contributed by atoms with E-state index in [0.29, 0.717) is 28.5 Å². The molecule has 10 rings (SSSR count). The van der Waals surface area contributed by atoms with Crippen LogP contribution in [0, 0.1) is 29.1 Å². The van der Waals surface area contributed by atoms with Crippen LogP contribution in [0.4, 0.5) is 0 Å². The lowest BCUT2D eigenvalue weighted by Crippen LogP contribution is -2.42. The van der Waals surface area contributed by atoms with E-state index in [-0.39, 0.29) is 0 Å². The Morgan fingerprint density at radius 2 is 1.04 bits per heavy atom. The Labute approximate surface area is 327 Å². The number of rotatable bonds is 6. The molecule has 2 saturated carbocycles. The molecule has 0 spiro atoms. The summed E-state index contributed by atoms with van der Waals surface area (Å²) in [6.07, 6.45) is 6.75. The molecule has 56 heavy (non-hydrogen) atoms. The van der Waals surface area contributed by atoms with Crippen LogP contribution in [0.2, 0.25) is 0 Å². The first-order valence-electron chi connectivity index (χ1n) is 19.9. The smallest absolute Gasteiger partial charge is 0.164 e. The van der Waals surface area contributed by atoms with Crippen LogP contribution in [-0.4, -0.2) is 15.0 Å². The Morgan fingerprint density at radius 3 is 1.62 bits per heavy atom. The Bertz CT molecular complexity index is 2740. The third-order valence-corrected chi connectivity index (χ3v) is 12.4. The normalized spacial score (nSPS) is 20.6. The number of para-hydroxylation sites is 1. The van der Waals surface area contributed by atoms with Gasteiger partial charge in [-0.05, 0) is 119 Å². The number of hydrogen-bond donors (Lipinski definition) is 0. The maximum atomic E-state index is 9.42. The molecule has 0 radical (unpaired) electrons. The molecule has 2 fully saturated rings. The van der Waals surface area contributed by atoms with E-state index in [1.54, 1.807) is 12.1 Å². The SMILES string of the molecule is C[C@@H]1CC2C[C@H](C)CC(c3ccc(-c4ccc(-c5nc(-c6ccc(C#N)cc6)nc(-c6ccc(-c7cccc8oc9ccccc9c78)cc6)n5)cc4)cc3)(C2)C1. The molecule has 0 N–H and O–H groups in total. The van der Waals surface area contributed by atoms with E-state index >= 15 is 0 Å². The molecule has 8 aromatic rings. The van der Waals surface area contributed by atoms with E-state index in [1.807, 2.05) is 42.5 Å². The standard InChI is InChI=1S/C51H42N4O/c1-32-26-35-27-33(2)29-51(28-32,30-35)42-24-22-37(23-25-42)36-14-18-40(19-15-36)49-53-48(39-12-10-34(31-52)11-13-39)54-50(55-49)41-20-16-38(17-21-41)43-7-5-9-46-47(43)44-6-3-4-8-45(44)56-46/h3-25,32-33,35H,26-30H2,1-2H3/t32-,33+,35?,51?. The van der Waals surface area contributed by atoms with Gasteiger partial charge in [0.05, 0.1) is 11.6 Å². The summed E-state index contributed by atoms with van der Waals surface area (Å²) in [5.41, 5.74) is 11.4. The second-order valence-electron chi connectivity index (χ2n) is 16.4. The fraction of sp³-hybridized carbons (Fsp3) is 0.216. The molecule has 0 saturated heterocycles. The lowest BCUT2D eigenvalue weighted by atomic mass is 9.54. The summed E-state index contributed by atoms with van der Waals surface area (Å²) in [5, 5.41) is 11.6. The number of benzene rings is 6. The van der Waals surface area contributed by atoms with Gasteiger partial charge in [-0.15, -0.1) is 0 Å². The van der Waals surface area contributed by atoms with Crippen molar-refractivity contribution >= 4 is 21.9 Å². The van der Waals surface area contributed by atoms with Crippen molar-refractivity contribution in [3.05, 3.63) is 151 Å². The summed E-state index contributed by atoms with van der Waals surface area (Å²) in [6.45, 7) is 4.91. The summed E-state index contributed by atoms with van der Waals surface area (Å²) in [5.74, 6) is 4.20. The number of hydrogen-bond acceptors (Lipinski definition) is 5. The maximum Gasteiger partial charge on any atom is 0.164 e. The average molecular weight is 727 g/mol. The molecule has 2 aliphatic rings. The van der Waals surface area contributed by atoms with Gasteiger partial charge in [0.1, 0.15) is 11.2 Å². The average Bonchev–Trinajstić information content (AvgIpc) is 3.62. The topological polar surface area (TPSA) is 75.6 Å². The van der Waals surface area contributed by atoms with Gasteiger partial charge in [0.25, 0.3) is 0 Å². The van der Waals surface area contributed by atoms with Gasteiger partial charge in [0.15, 0.2) is 17.5 Å². The lowest BCUT2D eigenvalue weighted by Gasteiger charge is -2.50. The van der Waals surface area contributed by atoms with E-state index in [0.717, 1.165) is 67.5 Å². The maximum absolute atomic E-state index is 9.42. The Balaban J connectivity index is 0.979. The number of fused-ring (bicyclic) bond motifs is 5. The fourth-order valence-corrected chi connectivity index (χ4v) is 10.2. The molecular weight excluding hydrogens is 685 g/mol. The molecule has 272 valence electrons. The second kappa shape index (κ2) is 13.7. The quantitative estimate of drug-likeness (QED) is 0.170. The summed E-state index contributed by atoms with van der Waals surface area (Å²) in [6, 6.07) is 50.4. The third kappa shape index (κ3) is 6.16. The number of nitrogens with zero attached hydrogens (tertiary/aromatic N) is 4. The minimum atomic E-state index is 0.328. The van der Waals surface area contributed by atoms with Crippen LogP contribution < -0.4 is 0 Å². The number of nitriles is 1. The van der Waals surface area contributed by atoms with Gasteiger partial charge in [-0.2, -0.15) is 5.26 Å². The minimum absolute atomic E-state index is 0.328. The van der Waals surface area contributed by atoms with E-state index in [4.69, 9.17) is 19.4 Å². The first-order chi connectivity index (χ1) is 27.4. The number of aromatic nitrogens is 3. The Morgan fingerprint density at radius 1 is 0.536 bits per heavy atom. The van der Waals surface area contributed by atoms with Gasteiger partial charge < -0.3 is 4.42 Å². The van der Waals surface area contributed by atoms with Crippen LogP contribution in [0.25, 0.3) is 78.4 Å². The highest BCUT2D eigenvalue weighted by molar-refractivity contribution is 6.12. The predicted molar refractivity (Wildman–Crippen MR) is 226 cm³/mol. The van der Waals surface area contributed by atoms with Crippen LogP contribution in [0.15, 0.2) is 144 Å². The highest BCUT2D eigenvalue weighted by atomic mass is 16.3. The van der Waals surface area contributed by atoms with Gasteiger partial charge in [-0.3, -0.25) is 0 Å². The van der Waals surface area contributed by atoms with Crippen LogP contribution in [0.1, 0.15) is 57.1 Å². The fourth-order valence-electron chi connectivity index (χ4n) is 10.2. The van der Waals surface area contributed by atoms with Crippen molar-refractivity contribution in [2.75, 3.05) is 0 Å². The van der Waals surface area contributed by atoms with E-state index < -0.39 is 0 Å². The molecule has 2 unspecified atom stereocenters. The molecule has 2 bridgehead atoms. The van der Waals surface area contributed by atoms with Gasteiger partial charge in [0, 0.05) is 27.5 Å². The van der Waals surface area contributed by atoms with Gasteiger partial charge in [-0.25, -0.2) is 15.0 Å². The van der Waals surface area contributed by atoms with Crippen LogP contribution >= 0.6 is 0 Å². The molecule has 5 heteroatoms. The molecule has 2 heterocycles. The van der Waals surface area contributed by atoms with Gasteiger partial charge in [0.2, 0.25) is 0 Å². The van der Waals surface area contributed by atoms with Crippen molar-refractivity contribution in [3.63, 3.8) is 0 Å². The van der Waals surface area contributed by atoms with Gasteiger partial charge in [-0.1, -0.05) is 117 Å². The van der Waals surface area contributed by atoms with E-state index in [2.05, 4.69) is 105 Å². The molecule has 5 nitrogen and oxygen atoms in total. The second-order valence-corrected chi connectivity index (χ2v) is 16.4. The van der Waals surface area contributed by atoms with Crippen molar-refractivity contribution < 1.29 is 4.42 Å². The van der Waals surface area contributed by atoms with Crippen LogP contribution in [-0.2, 0) is 5.41 Å². The highest BCUT2D eigenvalue weighted by Crippen LogP contribution is 2.54. The van der Waals surface area contributed by atoms with E-state index in [9.17, 15) is 5.26 Å². The molecule has 0 amide bonds. The first-order valence-corrected chi connectivity index (χ1v) is 19.9. The van der Waals surface area contributed by atoms with Crippen LogP contribution in [0.3, 0.4) is 0 Å². The summed E-state index contributed by atoms with van der Waals surface area (Å²) < 4.78 is 6.17. The van der Waals surface area contributed by atoms with Crippen molar-refractivity contribution in [1.82, 2.24) is 15.0 Å². The molecule has 6 aromatic carbocycles. The molecule has 2 aromatic heterocycles. The number of furan rings is 1. The molecule has 2 aliphatic carbocycles. The summed E-state index contributed by atoms with van der Waals surface area (Å²) in [7, 11) is 0. The Kier molecular flexibility index (Phi) is 8.37. The van der Waals surface area contributed by atoms with Crippen LogP contribution in [0.5, 0.6) is 0 Å². The minimum Gasteiger partial charge on any atom is -0.456 e. The molecule has 4 atom stereocenters. The monoisotopic (exact) mass is 726 g/mol. The predicted octanol–water partition coefficient (Wildman–Crippen LogP) is 13.1. The first kappa shape index (κ1) is 34.1. The molecule has 0 aliphatic heterocycles. The van der Waals surface area contributed by atoms with Crippen molar-refractivity contribution in [2.45, 2.75) is 51.4 Å². The Hall–Kier alpha value is -6.38. The third-order valence-electron chi connectivity index (χ3n) is 12.4. The highest BCUT2D eigenvalue weighted by Gasteiger charge is 2.45. The van der Waals surface area contributed by atoms with Crippen molar-refractivity contribution in [1.29, 1.82) is 5.26 Å². The largest absolute Gasteiger partial charge is 0.456 e. The van der Waals surface area contributed by atoms with E-state index in [1.165, 1.54) is 48.8 Å². The van der Waals surface area contributed by atoms with Gasteiger partial charge >= 0.3 is 0 Å². The lowest BCUT2D eigenvalue weighted by molar-refractivity contribution is 0.0780. The molecular formula is C51H42N4O. The van der Waals surface area contributed by atoms with Crippen molar-refractivity contribution in [2.24, 2.45) is 17.8 Å². The zero-order valence-electron chi connectivity index (χ0n) is 31.7. The summed E-state index contributed by atoms with van der Waals surface area (Å²) in [4.78, 5) is 15.0. The zero-order chi connectivity index (χ0) is 37.8. The zero-order valence-corrected chi connectivity index (χ0v) is 31.7. The summed E-state index contributed by atoms with van der Waals surface area (Å²) >= 11 is 0. The van der Waals surface area contributed by atoms with Crippen molar-refractivity contribution in [3.8, 4) is 62.5 Å².